The summed E-state index contributed by atoms with van der Waals surface area (Å²) >= 11 is 6.14. The molecule has 6 nitrogen and oxygen atoms in total. The molecule has 32 heavy (non-hydrogen) atoms. The van der Waals surface area contributed by atoms with E-state index in [4.69, 9.17) is 16.3 Å². The number of likely N-dealkylation sites (tertiary alicyclic amines) is 2. The van der Waals surface area contributed by atoms with Gasteiger partial charge >= 0.3 is 0 Å². The maximum Gasteiger partial charge on any atom is 0.257 e. The van der Waals surface area contributed by atoms with Crippen LogP contribution in [0.4, 0.5) is 5.69 Å². The van der Waals surface area contributed by atoms with Crippen molar-refractivity contribution in [2.24, 2.45) is 11.8 Å². The number of amides is 2. The first-order valence-electron chi connectivity index (χ1n) is 11.2. The number of para-hydroxylation sites is 1. The molecule has 2 aromatic carbocycles. The van der Waals surface area contributed by atoms with Crippen molar-refractivity contribution in [3.8, 4) is 5.75 Å². The fraction of sp³-hybridized carbons (Fsp3) is 0.440. The third-order valence-electron chi connectivity index (χ3n) is 6.38. The Morgan fingerprint density at radius 3 is 2.50 bits per heavy atom. The van der Waals surface area contributed by atoms with Crippen LogP contribution in [-0.2, 0) is 4.79 Å². The summed E-state index contributed by atoms with van der Waals surface area (Å²) in [4.78, 5) is 29.7. The Hall–Kier alpha value is -2.57. The lowest BCUT2D eigenvalue weighted by Gasteiger charge is -2.22. The van der Waals surface area contributed by atoms with Crippen LogP contribution in [0, 0.1) is 18.8 Å². The first-order valence-corrected chi connectivity index (χ1v) is 11.6. The average molecular weight is 456 g/mol. The van der Waals surface area contributed by atoms with Crippen LogP contribution in [0.25, 0.3) is 0 Å². The second-order valence-corrected chi connectivity index (χ2v) is 9.09. The van der Waals surface area contributed by atoms with Crippen molar-refractivity contribution in [2.45, 2.75) is 20.3 Å². The van der Waals surface area contributed by atoms with E-state index in [0.29, 0.717) is 41.2 Å². The first kappa shape index (κ1) is 22.6. The Labute approximate surface area is 194 Å². The molecule has 0 spiro atoms. The van der Waals surface area contributed by atoms with Crippen LogP contribution in [0.5, 0.6) is 5.75 Å². The number of rotatable bonds is 7. The molecule has 2 heterocycles. The molecule has 2 aliphatic heterocycles. The Bertz CT molecular complexity index is 982. The molecule has 7 heteroatoms. The van der Waals surface area contributed by atoms with E-state index in [1.54, 1.807) is 6.07 Å². The van der Waals surface area contributed by atoms with Crippen molar-refractivity contribution in [1.29, 1.82) is 0 Å². The second-order valence-electron chi connectivity index (χ2n) is 8.68. The Morgan fingerprint density at radius 1 is 1.09 bits per heavy atom. The summed E-state index contributed by atoms with van der Waals surface area (Å²) in [7, 11) is 0. The van der Waals surface area contributed by atoms with Crippen molar-refractivity contribution in [3.63, 3.8) is 0 Å². The first-order chi connectivity index (χ1) is 15.4. The molecule has 0 aromatic heterocycles. The molecule has 2 fully saturated rings. The maximum atomic E-state index is 13.1. The van der Waals surface area contributed by atoms with Gasteiger partial charge in [0.05, 0.1) is 12.2 Å². The minimum absolute atomic E-state index is 0.00804. The van der Waals surface area contributed by atoms with Gasteiger partial charge in [0.15, 0.2) is 0 Å². The zero-order valence-corrected chi connectivity index (χ0v) is 19.4. The van der Waals surface area contributed by atoms with E-state index < -0.39 is 0 Å². The van der Waals surface area contributed by atoms with Gasteiger partial charge in [-0.25, -0.2) is 0 Å². The van der Waals surface area contributed by atoms with E-state index in [1.165, 1.54) is 0 Å². The molecule has 2 atom stereocenters. The third kappa shape index (κ3) is 5.08. The molecule has 0 radical (unpaired) electrons. The summed E-state index contributed by atoms with van der Waals surface area (Å²) < 4.78 is 5.64. The molecular formula is C25H30ClN3O3. The summed E-state index contributed by atoms with van der Waals surface area (Å²) in [5.74, 6) is 1.60. The second kappa shape index (κ2) is 9.92. The van der Waals surface area contributed by atoms with Gasteiger partial charge in [0.25, 0.3) is 5.91 Å². The van der Waals surface area contributed by atoms with Gasteiger partial charge in [-0.1, -0.05) is 29.8 Å². The average Bonchev–Trinajstić information content (AvgIpc) is 3.34. The van der Waals surface area contributed by atoms with Crippen LogP contribution in [-0.4, -0.2) is 60.9 Å². The largest absolute Gasteiger partial charge is 0.493 e. The van der Waals surface area contributed by atoms with E-state index in [1.807, 2.05) is 55.1 Å². The van der Waals surface area contributed by atoms with Crippen LogP contribution in [0.1, 0.15) is 29.3 Å². The van der Waals surface area contributed by atoms with Crippen molar-refractivity contribution >= 4 is 29.1 Å². The lowest BCUT2D eigenvalue weighted by molar-refractivity contribution is -0.116. The minimum Gasteiger partial charge on any atom is -0.493 e. The van der Waals surface area contributed by atoms with Gasteiger partial charge in [-0.3, -0.25) is 9.59 Å². The molecule has 2 saturated heterocycles. The lowest BCUT2D eigenvalue weighted by Crippen LogP contribution is -2.34. The summed E-state index contributed by atoms with van der Waals surface area (Å²) in [5.41, 5.74) is 2.35. The molecule has 4 rings (SSSR count). The number of halogens is 1. The van der Waals surface area contributed by atoms with Crippen molar-refractivity contribution in [3.05, 3.63) is 58.6 Å². The van der Waals surface area contributed by atoms with E-state index >= 15 is 0 Å². The van der Waals surface area contributed by atoms with Crippen molar-refractivity contribution in [2.75, 3.05) is 44.6 Å². The van der Waals surface area contributed by atoms with Crippen molar-refractivity contribution < 1.29 is 14.3 Å². The molecular weight excluding hydrogens is 426 g/mol. The highest BCUT2D eigenvalue weighted by molar-refractivity contribution is 6.31. The molecule has 1 N–H and O–H groups in total. The highest BCUT2D eigenvalue weighted by Crippen LogP contribution is 2.33. The van der Waals surface area contributed by atoms with Crippen LogP contribution in [0.3, 0.4) is 0 Å². The number of nitrogens with zero attached hydrogens (tertiary/aromatic N) is 2. The number of carbonyl (C=O) groups is 2. The van der Waals surface area contributed by atoms with E-state index in [-0.39, 0.29) is 11.8 Å². The smallest absolute Gasteiger partial charge is 0.257 e. The summed E-state index contributed by atoms with van der Waals surface area (Å²) in [6.45, 7) is 8.48. The number of anilines is 1. The zero-order valence-electron chi connectivity index (χ0n) is 18.6. The molecule has 0 aliphatic carbocycles. The van der Waals surface area contributed by atoms with E-state index in [2.05, 4.69) is 10.2 Å². The molecule has 2 aromatic rings. The van der Waals surface area contributed by atoms with Gasteiger partial charge in [0.2, 0.25) is 5.91 Å². The Morgan fingerprint density at radius 2 is 1.81 bits per heavy atom. The predicted octanol–water partition coefficient (Wildman–Crippen LogP) is 4.08. The molecule has 2 aliphatic rings. The number of hydrogen-bond donors (Lipinski definition) is 1. The van der Waals surface area contributed by atoms with Crippen LogP contribution in [0.2, 0.25) is 5.02 Å². The van der Waals surface area contributed by atoms with Gasteiger partial charge in [0, 0.05) is 49.9 Å². The minimum atomic E-state index is -0.00804. The zero-order chi connectivity index (χ0) is 22.7. The fourth-order valence-electron chi connectivity index (χ4n) is 4.69. The summed E-state index contributed by atoms with van der Waals surface area (Å²) in [5, 5.41) is 3.58. The highest BCUT2D eigenvalue weighted by atomic mass is 35.5. The van der Waals surface area contributed by atoms with Crippen LogP contribution in [0.15, 0.2) is 42.5 Å². The molecule has 2 amide bonds. The van der Waals surface area contributed by atoms with Gasteiger partial charge in [0.1, 0.15) is 5.75 Å². The van der Waals surface area contributed by atoms with Gasteiger partial charge in [-0.05, 0) is 55.5 Å². The standard InChI is InChI=1S/C25H30ClN3O3/c1-3-32-23-7-5-4-6-21(23)25(31)29-15-18-13-28(14-19(18)16-29)11-10-24(30)27-20-9-8-17(2)22(26)12-20/h4-9,12,18-19H,3,10-11,13-16H2,1-2H3,(H,27,30). The van der Waals surface area contributed by atoms with Crippen molar-refractivity contribution in [1.82, 2.24) is 9.80 Å². The van der Waals surface area contributed by atoms with Crippen LogP contribution >= 0.6 is 11.6 Å². The number of carbonyl (C=O) groups excluding carboxylic acids is 2. The predicted molar refractivity (Wildman–Crippen MR) is 126 cm³/mol. The monoisotopic (exact) mass is 455 g/mol. The normalized spacial score (nSPS) is 20.3. The summed E-state index contributed by atoms with van der Waals surface area (Å²) in [6, 6.07) is 13.0. The molecule has 0 saturated carbocycles. The maximum absolute atomic E-state index is 13.1. The Balaban J connectivity index is 1.25. The highest BCUT2D eigenvalue weighted by Gasteiger charge is 2.41. The number of aryl methyl sites for hydroxylation is 1. The van der Waals surface area contributed by atoms with Crippen LogP contribution < -0.4 is 10.1 Å². The van der Waals surface area contributed by atoms with E-state index in [9.17, 15) is 9.59 Å². The van der Waals surface area contributed by atoms with Gasteiger partial charge < -0.3 is 19.9 Å². The fourth-order valence-corrected chi connectivity index (χ4v) is 4.87. The topological polar surface area (TPSA) is 61.9 Å². The molecule has 2 unspecified atom stereocenters. The van der Waals surface area contributed by atoms with Gasteiger partial charge in [-0.2, -0.15) is 0 Å². The van der Waals surface area contributed by atoms with E-state index in [0.717, 1.165) is 44.0 Å². The third-order valence-corrected chi connectivity index (χ3v) is 6.78. The Kier molecular flexibility index (Phi) is 7.01. The number of hydrogen-bond acceptors (Lipinski definition) is 4. The number of fused-ring (bicyclic) bond motifs is 1. The summed E-state index contributed by atoms with van der Waals surface area (Å²) in [6.07, 6.45) is 0.440. The lowest BCUT2D eigenvalue weighted by atomic mass is 10.0. The number of ether oxygens (including phenoxy) is 1. The number of benzene rings is 2. The molecule has 170 valence electrons. The van der Waals surface area contributed by atoms with Gasteiger partial charge in [-0.15, -0.1) is 0 Å². The number of nitrogens with one attached hydrogen (secondary N) is 1. The quantitative estimate of drug-likeness (QED) is 0.683. The molecule has 0 bridgehead atoms. The SMILES string of the molecule is CCOc1ccccc1C(=O)N1CC2CN(CCC(=O)Nc3ccc(C)c(Cl)c3)CC2C1.